The zero-order valence-electron chi connectivity index (χ0n) is 15.7. The van der Waals surface area contributed by atoms with Crippen molar-refractivity contribution in [1.29, 1.82) is 0 Å². The van der Waals surface area contributed by atoms with Crippen LogP contribution in [0.1, 0.15) is 28.4 Å². The molecule has 1 heterocycles. The lowest BCUT2D eigenvalue weighted by Crippen LogP contribution is -2.46. The average Bonchev–Trinajstić information content (AvgIpc) is 2.64. The Hall–Kier alpha value is -2.04. The Kier molecular flexibility index (Phi) is 5.84. The van der Waals surface area contributed by atoms with Crippen molar-refractivity contribution in [2.45, 2.75) is 20.8 Å². The highest BCUT2D eigenvalue weighted by molar-refractivity contribution is 6.31. The van der Waals surface area contributed by atoms with Crippen molar-refractivity contribution in [1.82, 2.24) is 4.90 Å². The Morgan fingerprint density at radius 3 is 2.42 bits per heavy atom. The number of benzene rings is 2. The summed E-state index contributed by atoms with van der Waals surface area (Å²) >= 11 is 6.20. The topological polar surface area (TPSA) is 35.6 Å². The van der Waals surface area contributed by atoms with Gasteiger partial charge in [0.25, 0.3) is 5.91 Å². The summed E-state index contributed by atoms with van der Waals surface area (Å²) in [5.74, 6) is -0.108. The van der Waals surface area contributed by atoms with E-state index < -0.39 is 0 Å². The van der Waals surface area contributed by atoms with Crippen molar-refractivity contribution >= 4 is 28.9 Å². The minimum absolute atomic E-state index is 0.108. The summed E-state index contributed by atoms with van der Waals surface area (Å²) in [5.41, 5.74) is 4.75. The standard InChI is InChI=1S/C21H26ClN3O/c1-4-24-9-11-25(12-10-24)20-8-7-18(22)14-19(20)23-21(26)17-6-5-15(2)16(3)13-17/h5-8,13-14H,4,9-12H2,1-3H3,(H,23,26). The van der Waals surface area contributed by atoms with Crippen molar-refractivity contribution in [3.8, 4) is 0 Å². The number of carbonyl (C=O) groups is 1. The van der Waals surface area contributed by atoms with E-state index in [4.69, 9.17) is 11.6 Å². The molecule has 5 heteroatoms. The molecule has 1 N–H and O–H groups in total. The molecule has 0 atom stereocenters. The van der Waals surface area contributed by atoms with Gasteiger partial charge in [-0.15, -0.1) is 0 Å². The maximum atomic E-state index is 12.7. The molecule has 3 rings (SSSR count). The van der Waals surface area contributed by atoms with E-state index in [1.165, 1.54) is 5.56 Å². The van der Waals surface area contributed by atoms with E-state index in [1.807, 2.05) is 50.2 Å². The van der Waals surface area contributed by atoms with Gasteiger partial charge in [-0.3, -0.25) is 4.79 Å². The normalized spacial score (nSPS) is 15.2. The van der Waals surface area contributed by atoms with Crippen LogP contribution in [-0.4, -0.2) is 43.5 Å². The van der Waals surface area contributed by atoms with Crippen LogP contribution in [0.4, 0.5) is 11.4 Å². The number of nitrogens with one attached hydrogen (secondary N) is 1. The lowest BCUT2D eigenvalue weighted by atomic mass is 10.1. The molecule has 1 fully saturated rings. The maximum Gasteiger partial charge on any atom is 0.255 e. The fraction of sp³-hybridized carbons (Fsp3) is 0.381. The van der Waals surface area contributed by atoms with Crippen LogP contribution in [0.25, 0.3) is 0 Å². The molecule has 1 amide bonds. The maximum absolute atomic E-state index is 12.7. The van der Waals surface area contributed by atoms with E-state index in [-0.39, 0.29) is 5.91 Å². The third kappa shape index (κ3) is 4.19. The highest BCUT2D eigenvalue weighted by Crippen LogP contribution is 2.30. The van der Waals surface area contributed by atoms with Crippen LogP contribution in [0.5, 0.6) is 0 Å². The van der Waals surface area contributed by atoms with Gasteiger partial charge >= 0.3 is 0 Å². The van der Waals surface area contributed by atoms with Crippen LogP contribution in [-0.2, 0) is 0 Å². The van der Waals surface area contributed by atoms with E-state index in [2.05, 4.69) is 22.0 Å². The van der Waals surface area contributed by atoms with Crippen molar-refractivity contribution in [3.05, 3.63) is 58.1 Å². The molecule has 2 aromatic rings. The van der Waals surface area contributed by atoms with Gasteiger partial charge in [-0.2, -0.15) is 0 Å². The second-order valence-electron chi connectivity index (χ2n) is 6.84. The molecular weight excluding hydrogens is 346 g/mol. The highest BCUT2D eigenvalue weighted by atomic mass is 35.5. The van der Waals surface area contributed by atoms with Gasteiger partial charge in [0.15, 0.2) is 0 Å². The van der Waals surface area contributed by atoms with Crippen LogP contribution in [0.3, 0.4) is 0 Å². The van der Waals surface area contributed by atoms with Gasteiger partial charge < -0.3 is 15.1 Å². The largest absolute Gasteiger partial charge is 0.367 e. The molecule has 138 valence electrons. The number of amides is 1. The van der Waals surface area contributed by atoms with Crippen LogP contribution in [0.2, 0.25) is 5.02 Å². The van der Waals surface area contributed by atoms with Crippen molar-refractivity contribution in [2.24, 2.45) is 0 Å². The molecule has 1 aliphatic rings. The predicted octanol–water partition coefficient (Wildman–Crippen LogP) is 4.35. The first kappa shape index (κ1) is 18.7. The highest BCUT2D eigenvalue weighted by Gasteiger charge is 2.19. The third-order valence-electron chi connectivity index (χ3n) is 5.14. The number of likely N-dealkylation sites (N-methyl/N-ethyl adjacent to an activating group) is 1. The Balaban J connectivity index is 1.81. The zero-order valence-corrected chi connectivity index (χ0v) is 16.4. The Bertz CT molecular complexity index is 798. The van der Waals surface area contributed by atoms with Gasteiger partial charge in [-0.05, 0) is 61.9 Å². The number of piperazine rings is 1. The minimum atomic E-state index is -0.108. The third-order valence-corrected chi connectivity index (χ3v) is 5.37. The van der Waals surface area contributed by atoms with E-state index in [0.717, 1.165) is 49.7 Å². The van der Waals surface area contributed by atoms with Crippen LogP contribution in [0, 0.1) is 13.8 Å². The van der Waals surface area contributed by atoms with Crippen LogP contribution in [0.15, 0.2) is 36.4 Å². The Labute approximate surface area is 160 Å². The summed E-state index contributed by atoms with van der Waals surface area (Å²) in [7, 11) is 0. The summed E-state index contributed by atoms with van der Waals surface area (Å²) in [6.45, 7) is 11.3. The van der Waals surface area contributed by atoms with Gasteiger partial charge in [-0.25, -0.2) is 0 Å². The second-order valence-corrected chi connectivity index (χ2v) is 7.27. The summed E-state index contributed by atoms with van der Waals surface area (Å²) in [4.78, 5) is 17.5. The lowest BCUT2D eigenvalue weighted by molar-refractivity contribution is 0.102. The fourth-order valence-electron chi connectivity index (χ4n) is 3.27. The molecule has 1 aliphatic heterocycles. The van der Waals surface area contributed by atoms with Gasteiger partial charge in [0.2, 0.25) is 0 Å². The van der Waals surface area contributed by atoms with Gasteiger partial charge in [0, 0.05) is 36.8 Å². The van der Waals surface area contributed by atoms with Gasteiger partial charge in [-0.1, -0.05) is 24.6 Å². The van der Waals surface area contributed by atoms with E-state index in [0.29, 0.717) is 10.6 Å². The molecule has 0 radical (unpaired) electrons. The summed E-state index contributed by atoms with van der Waals surface area (Å²) in [6, 6.07) is 11.5. The molecule has 26 heavy (non-hydrogen) atoms. The van der Waals surface area contributed by atoms with Gasteiger partial charge in [0.05, 0.1) is 11.4 Å². The summed E-state index contributed by atoms with van der Waals surface area (Å²) < 4.78 is 0. The molecule has 0 saturated carbocycles. The summed E-state index contributed by atoms with van der Waals surface area (Å²) in [5, 5.41) is 3.68. The second kappa shape index (κ2) is 8.11. The molecule has 0 aromatic heterocycles. The molecular formula is C21H26ClN3O. The van der Waals surface area contributed by atoms with Gasteiger partial charge in [0.1, 0.15) is 0 Å². The van der Waals surface area contributed by atoms with E-state index in [9.17, 15) is 4.79 Å². The summed E-state index contributed by atoms with van der Waals surface area (Å²) in [6.07, 6.45) is 0. The smallest absolute Gasteiger partial charge is 0.255 e. The SMILES string of the molecule is CCN1CCN(c2ccc(Cl)cc2NC(=O)c2ccc(C)c(C)c2)CC1. The molecule has 0 spiro atoms. The first-order valence-electron chi connectivity index (χ1n) is 9.13. The first-order chi connectivity index (χ1) is 12.5. The molecule has 0 unspecified atom stereocenters. The van der Waals surface area contributed by atoms with E-state index >= 15 is 0 Å². The van der Waals surface area contributed by atoms with Crippen LogP contribution < -0.4 is 10.2 Å². The number of halogens is 1. The monoisotopic (exact) mass is 371 g/mol. The first-order valence-corrected chi connectivity index (χ1v) is 9.51. The molecule has 0 aliphatic carbocycles. The van der Waals surface area contributed by atoms with Crippen molar-refractivity contribution in [2.75, 3.05) is 42.9 Å². The van der Waals surface area contributed by atoms with Crippen molar-refractivity contribution in [3.63, 3.8) is 0 Å². The average molecular weight is 372 g/mol. The zero-order chi connectivity index (χ0) is 18.7. The molecule has 1 saturated heterocycles. The minimum Gasteiger partial charge on any atom is -0.367 e. The number of hydrogen-bond acceptors (Lipinski definition) is 3. The van der Waals surface area contributed by atoms with E-state index in [1.54, 1.807) is 0 Å². The van der Waals surface area contributed by atoms with Crippen molar-refractivity contribution < 1.29 is 4.79 Å². The number of nitrogens with zero attached hydrogens (tertiary/aromatic N) is 2. The molecule has 4 nitrogen and oxygen atoms in total. The Morgan fingerprint density at radius 1 is 1.04 bits per heavy atom. The Morgan fingerprint density at radius 2 is 1.77 bits per heavy atom. The molecule has 2 aromatic carbocycles. The quantitative estimate of drug-likeness (QED) is 0.867. The predicted molar refractivity (Wildman–Crippen MR) is 110 cm³/mol. The number of anilines is 2. The van der Waals surface area contributed by atoms with Crippen LogP contribution >= 0.6 is 11.6 Å². The fourth-order valence-corrected chi connectivity index (χ4v) is 3.44. The lowest BCUT2D eigenvalue weighted by Gasteiger charge is -2.36. The number of aryl methyl sites for hydroxylation is 2. The number of rotatable bonds is 4. The molecule has 0 bridgehead atoms. The number of carbonyl (C=O) groups excluding carboxylic acids is 1. The number of hydrogen-bond donors (Lipinski definition) is 1.